The van der Waals surface area contributed by atoms with Gasteiger partial charge in [-0.2, -0.15) is 0 Å². The van der Waals surface area contributed by atoms with Crippen LogP contribution in [-0.4, -0.2) is 31.8 Å². The molecule has 0 spiro atoms. The Hall–Kier alpha value is -0.350. The van der Waals surface area contributed by atoms with E-state index in [-0.39, 0.29) is 19.0 Å². The maximum absolute atomic E-state index is 13.1. The van der Waals surface area contributed by atoms with E-state index < -0.39 is 18.1 Å². The van der Waals surface area contributed by atoms with Gasteiger partial charge in [0.2, 0.25) is 0 Å². The molecule has 3 nitrogen and oxygen atoms in total. The second-order valence-corrected chi connectivity index (χ2v) is 2.87. The zero-order chi connectivity index (χ0) is 8.97. The van der Waals surface area contributed by atoms with Gasteiger partial charge in [-0.1, -0.05) is 0 Å². The van der Waals surface area contributed by atoms with Crippen LogP contribution in [0.4, 0.5) is 4.39 Å². The predicted octanol–water partition coefficient (Wildman–Crippen LogP) is 0.919. The molecule has 0 aliphatic carbocycles. The molecule has 0 amide bonds. The van der Waals surface area contributed by atoms with E-state index in [0.717, 1.165) is 0 Å². The van der Waals surface area contributed by atoms with Crippen LogP contribution >= 0.6 is 12.4 Å². The molecule has 2 atom stereocenters. The molecule has 0 aromatic heterocycles. The van der Waals surface area contributed by atoms with Crippen LogP contribution in [0, 0.1) is 5.92 Å². The van der Waals surface area contributed by atoms with E-state index in [1.165, 1.54) is 0 Å². The van der Waals surface area contributed by atoms with E-state index in [1.807, 2.05) is 0 Å². The Morgan fingerprint density at radius 1 is 1.69 bits per heavy atom. The van der Waals surface area contributed by atoms with E-state index in [0.29, 0.717) is 19.6 Å². The van der Waals surface area contributed by atoms with Gasteiger partial charge in [-0.3, -0.25) is 4.79 Å². The van der Waals surface area contributed by atoms with E-state index in [9.17, 15) is 9.18 Å². The second-order valence-electron chi connectivity index (χ2n) is 2.87. The summed E-state index contributed by atoms with van der Waals surface area (Å²) in [7, 11) is 0. The minimum absolute atomic E-state index is 0. The van der Waals surface area contributed by atoms with Crippen molar-refractivity contribution in [1.82, 2.24) is 5.32 Å². The fraction of sp³-hybridized carbons (Fsp3) is 0.875. The van der Waals surface area contributed by atoms with Crippen LogP contribution in [0.25, 0.3) is 0 Å². The Balaban J connectivity index is 0.00000144. The number of carbonyl (C=O) groups excluding carboxylic acids is 1. The van der Waals surface area contributed by atoms with Gasteiger partial charge in [-0.25, -0.2) is 4.39 Å². The van der Waals surface area contributed by atoms with Gasteiger partial charge in [0, 0.05) is 6.54 Å². The minimum atomic E-state index is -1.09. The van der Waals surface area contributed by atoms with E-state index in [1.54, 1.807) is 6.92 Å². The lowest BCUT2D eigenvalue weighted by atomic mass is 9.96. The number of hydrogen-bond acceptors (Lipinski definition) is 3. The molecule has 1 saturated heterocycles. The lowest BCUT2D eigenvalue weighted by Gasteiger charge is -2.24. The van der Waals surface area contributed by atoms with E-state index >= 15 is 0 Å². The third-order valence-corrected chi connectivity index (χ3v) is 2.00. The number of alkyl halides is 1. The topological polar surface area (TPSA) is 38.3 Å². The Morgan fingerprint density at radius 2 is 2.38 bits per heavy atom. The first-order valence-electron chi connectivity index (χ1n) is 4.27. The molecule has 78 valence electrons. The summed E-state index contributed by atoms with van der Waals surface area (Å²) in [5.74, 6) is -0.947. The van der Waals surface area contributed by atoms with Crippen molar-refractivity contribution in [2.24, 2.45) is 5.92 Å². The number of carbonyl (C=O) groups is 1. The van der Waals surface area contributed by atoms with Gasteiger partial charge >= 0.3 is 5.97 Å². The highest BCUT2D eigenvalue weighted by molar-refractivity contribution is 5.85. The van der Waals surface area contributed by atoms with Crippen molar-refractivity contribution in [2.45, 2.75) is 19.5 Å². The summed E-state index contributed by atoms with van der Waals surface area (Å²) < 4.78 is 17.8. The fourth-order valence-electron chi connectivity index (χ4n) is 1.34. The van der Waals surface area contributed by atoms with Crippen LogP contribution in [-0.2, 0) is 9.53 Å². The first-order valence-corrected chi connectivity index (χ1v) is 4.27. The van der Waals surface area contributed by atoms with Crippen LogP contribution in [0.5, 0.6) is 0 Å². The summed E-state index contributed by atoms with van der Waals surface area (Å²) in [6.07, 6.45) is -0.544. The molecule has 0 saturated carbocycles. The van der Waals surface area contributed by atoms with Gasteiger partial charge in [0.25, 0.3) is 0 Å². The normalized spacial score (nSPS) is 27.5. The lowest BCUT2D eigenvalue weighted by Crippen LogP contribution is -2.42. The molecular weight excluding hydrogens is 197 g/mol. The van der Waals surface area contributed by atoms with E-state index in [2.05, 4.69) is 5.32 Å². The number of ether oxygens (including phenoxy) is 1. The summed E-state index contributed by atoms with van der Waals surface area (Å²) in [5.41, 5.74) is 0. The monoisotopic (exact) mass is 211 g/mol. The molecule has 0 radical (unpaired) electrons. The lowest BCUT2D eigenvalue weighted by molar-refractivity contribution is -0.151. The number of nitrogens with one attached hydrogen (secondary N) is 1. The maximum atomic E-state index is 13.1. The van der Waals surface area contributed by atoms with Crippen molar-refractivity contribution in [3.8, 4) is 0 Å². The number of rotatable bonds is 2. The third-order valence-electron chi connectivity index (χ3n) is 2.00. The van der Waals surface area contributed by atoms with Gasteiger partial charge in [0.05, 0.1) is 12.5 Å². The Morgan fingerprint density at radius 3 is 2.92 bits per heavy atom. The van der Waals surface area contributed by atoms with Crippen molar-refractivity contribution in [3.63, 3.8) is 0 Å². The summed E-state index contributed by atoms with van der Waals surface area (Å²) in [6.45, 7) is 3.02. The molecule has 1 aliphatic rings. The molecule has 13 heavy (non-hydrogen) atoms. The summed E-state index contributed by atoms with van der Waals surface area (Å²) in [5, 5.41) is 2.88. The average Bonchev–Trinajstić information content (AvgIpc) is 2.05. The van der Waals surface area contributed by atoms with Crippen molar-refractivity contribution < 1.29 is 13.9 Å². The largest absolute Gasteiger partial charge is 0.466 e. The molecule has 1 heterocycles. The molecule has 2 unspecified atom stereocenters. The highest BCUT2D eigenvalue weighted by atomic mass is 35.5. The van der Waals surface area contributed by atoms with Crippen LogP contribution in [0.2, 0.25) is 0 Å². The first-order chi connectivity index (χ1) is 5.75. The first kappa shape index (κ1) is 12.7. The SMILES string of the molecule is CCOC(=O)C1CCNCC1F.Cl. The maximum Gasteiger partial charge on any atom is 0.311 e. The van der Waals surface area contributed by atoms with Crippen LogP contribution in [0.1, 0.15) is 13.3 Å². The Bertz CT molecular complexity index is 168. The van der Waals surface area contributed by atoms with Gasteiger partial charge in [0.1, 0.15) is 6.17 Å². The van der Waals surface area contributed by atoms with Crippen molar-refractivity contribution >= 4 is 18.4 Å². The molecule has 1 aliphatic heterocycles. The highest BCUT2D eigenvalue weighted by Gasteiger charge is 2.31. The predicted molar refractivity (Wildman–Crippen MR) is 49.8 cm³/mol. The molecule has 0 aromatic rings. The van der Waals surface area contributed by atoms with Crippen LogP contribution in [0.3, 0.4) is 0 Å². The molecule has 5 heteroatoms. The number of esters is 1. The zero-order valence-corrected chi connectivity index (χ0v) is 8.40. The molecule has 1 N–H and O–H groups in total. The van der Waals surface area contributed by atoms with Crippen molar-refractivity contribution in [1.29, 1.82) is 0 Å². The van der Waals surface area contributed by atoms with Gasteiger partial charge in [0.15, 0.2) is 0 Å². The molecule has 1 fully saturated rings. The standard InChI is InChI=1S/C8H14FNO2.ClH/c1-2-12-8(11)6-3-4-10-5-7(6)9;/h6-7,10H,2-5H2,1H3;1H. The van der Waals surface area contributed by atoms with Gasteiger partial charge in [-0.05, 0) is 19.9 Å². The Labute approximate surface area is 83.4 Å². The van der Waals surface area contributed by atoms with Gasteiger partial charge < -0.3 is 10.1 Å². The summed E-state index contributed by atoms with van der Waals surface area (Å²) in [6, 6.07) is 0. The van der Waals surface area contributed by atoms with Crippen LogP contribution < -0.4 is 5.32 Å². The zero-order valence-electron chi connectivity index (χ0n) is 7.59. The molecular formula is C8H15ClFNO2. The molecule has 1 rings (SSSR count). The van der Waals surface area contributed by atoms with Crippen molar-refractivity contribution in [2.75, 3.05) is 19.7 Å². The number of halogens is 2. The minimum Gasteiger partial charge on any atom is -0.466 e. The molecule has 0 bridgehead atoms. The fourth-order valence-corrected chi connectivity index (χ4v) is 1.34. The summed E-state index contributed by atoms with van der Waals surface area (Å²) >= 11 is 0. The van der Waals surface area contributed by atoms with E-state index in [4.69, 9.17) is 4.74 Å². The van der Waals surface area contributed by atoms with Crippen LogP contribution in [0.15, 0.2) is 0 Å². The quantitative estimate of drug-likeness (QED) is 0.691. The summed E-state index contributed by atoms with van der Waals surface area (Å²) in [4.78, 5) is 11.1. The highest BCUT2D eigenvalue weighted by Crippen LogP contribution is 2.17. The molecule has 0 aromatic carbocycles. The third kappa shape index (κ3) is 3.48. The van der Waals surface area contributed by atoms with Crippen molar-refractivity contribution in [3.05, 3.63) is 0 Å². The number of piperidine rings is 1. The number of hydrogen-bond donors (Lipinski definition) is 1. The second kappa shape index (κ2) is 6.16. The smallest absolute Gasteiger partial charge is 0.311 e. The van der Waals surface area contributed by atoms with Gasteiger partial charge in [-0.15, -0.1) is 12.4 Å². The Kier molecular flexibility index (Phi) is 5.99. The average molecular weight is 212 g/mol.